The molecule has 2 atom stereocenters. The Hall–Kier alpha value is -2.60. The van der Waals surface area contributed by atoms with E-state index in [9.17, 15) is 17.8 Å². The highest BCUT2D eigenvalue weighted by Crippen LogP contribution is 2.52. The summed E-state index contributed by atoms with van der Waals surface area (Å²) in [4.78, 5) is 18.7. The Bertz CT molecular complexity index is 1440. The van der Waals surface area contributed by atoms with Gasteiger partial charge in [0.2, 0.25) is 5.91 Å². The molecular weight excluding hydrogens is 556 g/mol. The molecule has 0 unspecified atom stereocenters. The summed E-state index contributed by atoms with van der Waals surface area (Å²) in [5.74, 6) is -0.454. The Balaban J connectivity index is 1.41. The van der Waals surface area contributed by atoms with Gasteiger partial charge in [-0.3, -0.25) is 4.79 Å². The highest BCUT2D eigenvalue weighted by molar-refractivity contribution is 7.84. The van der Waals surface area contributed by atoms with Crippen molar-refractivity contribution in [3.8, 4) is 11.5 Å². The summed E-state index contributed by atoms with van der Waals surface area (Å²) in [5, 5.41) is 3.79. The van der Waals surface area contributed by atoms with Gasteiger partial charge in [-0.15, -0.1) is 8.78 Å². The summed E-state index contributed by atoms with van der Waals surface area (Å²) in [7, 11) is -1.41. The summed E-state index contributed by atoms with van der Waals surface area (Å²) in [6.07, 6.45) is -2.61. The van der Waals surface area contributed by atoms with Crippen LogP contribution in [0.15, 0.2) is 42.5 Å². The van der Waals surface area contributed by atoms with E-state index in [0.29, 0.717) is 34.3 Å². The molecule has 38 heavy (non-hydrogen) atoms. The molecule has 202 valence electrons. The van der Waals surface area contributed by atoms with Crippen molar-refractivity contribution in [3.63, 3.8) is 0 Å². The Morgan fingerprint density at radius 1 is 1.16 bits per heavy atom. The molecule has 1 aliphatic carbocycles. The van der Waals surface area contributed by atoms with E-state index in [1.807, 2.05) is 45.9 Å². The van der Waals surface area contributed by atoms with Gasteiger partial charge < -0.3 is 14.8 Å². The number of halogens is 3. The van der Waals surface area contributed by atoms with Crippen LogP contribution in [-0.4, -0.2) is 26.1 Å². The van der Waals surface area contributed by atoms with Gasteiger partial charge in [-0.25, -0.2) is 13.9 Å². The van der Waals surface area contributed by atoms with Crippen LogP contribution >= 0.6 is 22.9 Å². The predicted octanol–water partition coefficient (Wildman–Crippen LogP) is 6.24. The van der Waals surface area contributed by atoms with Crippen LogP contribution in [0.1, 0.15) is 61.4 Å². The number of anilines is 1. The molecule has 1 fully saturated rings. The summed E-state index contributed by atoms with van der Waals surface area (Å²) in [6.45, 7) is 7.43. The zero-order chi connectivity index (χ0) is 27.5. The molecule has 5 rings (SSSR count). The van der Waals surface area contributed by atoms with Crippen LogP contribution in [0.5, 0.6) is 11.5 Å². The smallest absolute Gasteiger partial charge is 0.395 e. The number of amides is 1. The van der Waals surface area contributed by atoms with Crippen molar-refractivity contribution in [1.82, 2.24) is 9.71 Å². The Morgan fingerprint density at radius 2 is 1.84 bits per heavy atom. The first-order valence-electron chi connectivity index (χ1n) is 11.9. The van der Waals surface area contributed by atoms with Crippen molar-refractivity contribution in [2.45, 2.75) is 63.0 Å². The van der Waals surface area contributed by atoms with E-state index in [-0.39, 0.29) is 17.4 Å². The molecule has 2 aliphatic rings. The fourth-order valence-electron chi connectivity index (χ4n) is 4.22. The number of nitrogens with one attached hydrogen (secondary N) is 2. The molecule has 2 aromatic carbocycles. The number of alkyl halides is 2. The number of carbonyl (C=O) groups excluding carboxylic acids is 1. The molecule has 1 saturated carbocycles. The number of aryl methyl sites for hydroxylation is 1. The first-order valence-corrected chi connectivity index (χ1v) is 14.3. The lowest BCUT2D eigenvalue weighted by atomic mass is 9.94. The maximum absolute atomic E-state index is 13.5. The summed E-state index contributed by atoms with van der Waals surface area (Å²) in [6, 6.07) is 11.2. The van der Waals surface area contributed by atoms with E-state index in [1.165, 1.54) is 23.5 Å². The van der Waals surface area contributed by atoms with E-state index in [1.54, 1.807) is 12.1 Å². The number of fused-ring (bicyclic) bond motifs is 1. The molecule has 0 bridgehead atoms. The van der Waals surface area contributed by atoms with Crippen LogP contribution in [0.25, 0.3) is 0 Å². The lowest BCUT2D eigenvalue weighted by molar-refractivity contribution is -0.286. The summed E-state index contributed by atoms with van der Waals surface area (Å²) >= 11 is 7.78. The number of hydrogen-bond acceptors (Lipinski definition) is 6. The first kappa shape index (κ1) is 27.0. The molecule has 0 spiro atoms. The van der Waals surface area contributed by atoms with E-state index < -0.39 is 33.5 Å². The minimum absolute atomic E-state index is 0.0686. The number of rotatable bonds is 7. The normalized spacial score (nSPS) is 18.6. The van der Waals surface area contributed by atoms with Gasteiger partial charge in [0.15, 0.2) is 16.6 Å². The maximum Gasteiger partial charge on any atom is 0.586 e. The van der Waals surface area contributed by atoms with Gasteiger partial charge in [0, 0.05) is 5.02 Å². The highest BCUT2D eigenvalue weighted by Gasteiger charge is 2.53. The molecule has 3 aromatic rings. The lowest BCUT2D eigenvalue weighted by Crippen LogP contribution is -2.36. The average Bonchev–Trinajstić information content (AvgIpc) is 3.47. The quantitative estimate of drug-likeness (QED) is 0.345. The van der Waals surface area contributed by atoms with Crippen molar-refractivity contribution in [2.75, 3.05) is 5.32 Å². The van der Waals surface area contributed by atoms with Crippen LogP contribution in [0.4, 0.5) is 13.9 Å². The Morgan fingerprint density at radius 3 is 2.50 bits per heavy atom. The van der Waals surface area contributed by atoms with Crippen molar-refractivity contribution in [3.05, 3.63) is 69.2 Å². The molecule has 1 aromatic heterocycles. The summed E-state index contributed by atoms with van der Waals surface area (Å²) < 4.78 is 51.7. The van der Waals surface area contributed by atoms with E-state index in [2.05, 4.69) is 24.5 Å². The van der Waals surface area contributed by atoms with Crippen LogP contribution in [0, 0.1) is 6.92 Å². The number of carbonyl (C=O) groups is 1. The van der Waals surface area contributed by atoms with Gasteiger partial charge in [-0.1, -0.05) is 47.2 Å². The van der Waals surface area contributed by atoms with Crippen LogP contribution in [0.2, 0.25) is 5.02 Å². The topological polar surface area (TPSA) is 89.6 Å². The molecule has 0 radical (unpaired) electrons. The zero-order valence-electron chi connectivity index (χ0n) is 21.1. The number of hydrogen-bond donors (Lipinski definition) is 2. The van der Waals surface area contributed by atoms with Gasteiger partial charge in [-0.2, -0.15) is 0 Å². The third-order valence-electron chi connectivity index (χ3n) is 6.45. The van der Waals surface area contributed by atoms with Gasteiger partial charge in [0.25, 0.3) is 0 Å². The van der Waals surface area contributed by atoms with Crippen LogP contribution in [0.3, 0.4) is 0 Å². The average molecular weight is 582 g/mol. The molecule has 2 N–H and O–H groups in total. The van der Waals surface area contributed by atoms with E-state index in [4.69, 9.17) is 11.6 Å². The van der Waals surface area contributed by atoms with Crippen molar-refractivity contribution in [1.29, 1.82) is 0 Å². The number of thiazole rings is 1. The van der Waals surface area contributed by atoms with E-state index in [0.717, 1.165) is 10.4 Å². The van der Waals surface area contributed by atoms with Crippen molar-refractivity contribution in [2.24, 2.45) is 0 Å². The molecule has 1 amide bonds. The lowest BCUT2D eigenvalue weighted by Gasteiger charge is -2.25. The molecule has 0 saturated heterocycles. The Kier molecular flexibility index (Phi) is 6.78. The van der Waals surface area contributed by atoms with Crippen LogP contribution in [-0.2, 0) is 21.2 Å². The maximum atomic E-state index is 13.5. The zero-order valence-corrected chi connectivity index (χ0v) is 23.5. The third-order valence-corrected chi connectivity index (χ3v) is 9.50. The Labute approximate surface area is 230 Å². The standard InChI is InChI=1S/C26H26ClF2N3O4S2/c1-14-21(20(32-38(34)24(2,3)4)16-7-5-6-8-17(16)27)37-23(30-14)31-22(33)25(11-12-25)15-9-10-18-19(13-15)36-26(28,29)35-18/h5-10,13,20,32H,11-12H2,1-4H3,(H,30,31,33)/t20-,38+/m1/s1. The fourth-order valence-corrected chi connectivity index (χ4v) is 6.38. The number of ether oxygens (including phenoxy) is 2. The van der Waals surface area contributed by atoms with Gasteiger partial charge in [0.1, 0.15) is 0 Å². The predicted molar refractivity (Wildman–Crippen MR) is 143 cm³/mol. The molecule has 1 aliphatic heterocycles. The van der Waals surface area contributed by atoms with Gasteiger partial charge in [-0.05, 0) is 69.9 Å². The molecular formula is C26H26ClF2N3O4S2. The monoisotopic (exact) mass is 581 g/mol. The number of benzene rings is 2. The largest absolute Gasteiger partial charge is 0.586 e. The van der Waals surface area contributed by atoms with Crippen molar-refractivity contribution >= 4 is 45.0 Å². The first-order chi connectivity index (χ1) is 17.8. The fraction of sp³-hybridized carbons (Fsp3) is 0.385. The number of aromatic nitrogens is 1. The summed E-state index contributed by atoms with van der Waals surface area (Å²) in [5.41, 5.74) is 1.10. The third kappa shape index (κ3) is 5.16. The second kappa shape index (κ2) is 9.55. The van der Waals surface area contributed by atoms with Crippen LogP contribution < -0.4 is 19.5 Å². The molecule has 7 nitrogen and oxygen atoms in total. The SMILES string of the molecule is Cc1nc(NC(=O)C2(c3ccc4c(c3)OC(F)(F)O4)CC2)sc1[C@H](N[S@@](=O)C(C)(C)C)c1ccccc1Cl. The molecule has 2 heterocycles. The van der Waals surface area contributed by atoms with E-state index >= 15 is 0 Å². The molecule has 12 heteroatoms. The number of nitrogens with zero attached hydrogens (tertiary/aromatic N) is 1. The van der Waals surface area contributed by atoms with Gasteiger partial charge in [0.05, 0.1) is 37.8 Å². The minimum Gasteiger partial charge on any atom is -0.395 e. The highest BCUT2D eigenvalue weighted by atomic mass is 35.5. The van der Waals surface area contributed by atoms with Gasteiger partial charge >= 0.3 is 6.29 Å². The second-order valence-electron chi connectivity index (χ2n) is 10.3. The minimum atomic E-state index is -3.72. The van der Waals surface area contributed by atoms with Crippen molar-refractivity contribution < 1.29 is 27.3 Å². The second-order valence-corrected chi connectivity index (χ2v) is 13.7.